The number of hydrogen-bond donors (Lipinski definition) is 6. The molecule has 0 saturated carbocycles. The number of rotatable bonds is 20. The summed E-state index contributed by atoms with van der Waals surface area (Å²) in [6.45, 7) is 8.15. The third-order valence-corrected chi connectivity index (χ3v) is 13.5. The standard InChI is InChI=1S/C33H50O16S4/c1-31(2)26-18-28(47-8-5-12-50(34,35)36)25(22-46-11-15-53(43,44)45)16-23(26)20-33(31)21-24-17-29(48-9-6-13-51(37,38)39)30(19-27(24)32(33,3)4)49-10-7-14-52(40,41)42/h16-19,34-36H,5-15,20-22H2,1-4H3,(H,37,38,39)(H,40,41,42)(H,43,44,45). The van der Waals surface area contributed by atoms with Crippen LogP contribution in [0.1, 0.15) is 74.8 Å². The molecule has 4 rings (SSSR count). The van der Waals surface area contributed by atoms with Crippen LogP contribution in [0.15, 0.2) is 24.3 Å². The molecule has 1 unspecified atom stereocenters. The third kappa shape index (κ3) is 11.0. The van der Waals surface area contributed by atoms with Crippen LogP contribution in [-0.4, -0.2) is 102 Å². The zero-order valence-electron chi connectivity index (χ0n) is 30.1. The molecule has 53 heavy (non-hydrogen) atoms. The number of fused-ring (bicyclic) bond motifs is 2. The SMILES string of the molecule is CC1(C)c2cc(OCCCS(O)(O)O)c(COCCS(=O)(=O)O)cc2CC12Cc1cc(OCCCS(=O)(=O)O)c(OCCCS(=O)(=O)O)cc1C2(C)C. The van der Waals surface area contributed by atoms with Gasteiger partial charge in [-0.05, 0) is 94.9 Å². The maximum Gasteiger partial charge on any atom is 0.267 e. The molecule has 0 aromatic heterocycles. The van der Waals surface area contributed by atoms with Crippen molar-refractivity contribution in [1.29, 1.82) is 0 Å². The van der Waals surface area contributed by atoms with Gasteiger partial charge in [0.2, 0.25) is 0 Å². The first-order chi connectivity index (χ1) is 24.2. The van der Waals surface area contributed by atoms with Gasteiger partial charge >= 0.3 is 0 Å². The Kier molecular flexibility index (Phi) is 13.2. The van der Waals surface area contributed by atoms with Gasteiger partial charge < -0.3 is 32.6 Å². The summed E-state index contributed by atoms with van der Waals surface area (Å²) in [5.41, 5.74) is 3.07. The van der Waals surface area contributed by atoms with E-state index in [1.165, 1.54) is 0 Å². The van der Waals surface area contributed by atoms with Crippen molar-refractivity contribution in [3.8, 4) is 17.2 Å². The van der Waals surface area contributed by atoms with Crippen molar-refractivity contribution >= 4 is 41.2 Å². The van der Waals surface area contributed by atoms with Crippen molar-refractivity contribution in [2.45, 2.75) is 77.2 Å². The highest BCUT2D eigenvalue weighted by atomic mass is 32.3. The predicted octanol–water partition coefficient (Wildman–Crippen LogP) is 4.75. The molecule has 20 heteroatoms. The number of hydrogen-bond acceptors (Lipinski definition) is 13. The highest BCUT2D eigenvalue weighted by Crippen LogP contribution is 2.67. The van der Waals surface area contributed by atoms with Crippen LogP contribution < -0.4 is 14.2 Å². The summed E-state index contributed by atoms with van der Waals surface area (Å²) in [5.74, 6) is -0.827. The van der Waals surface area contributed by atoms with Crippen LogP contribution in [0.25, 0.3) is 0 Å². The van der Waals surface area contributed by atoms with E-state index >= 15 is 0 Å². The second-order valence-corrected chi connectivity index (χ2v) is 21.0. The van der Waals surface area contributed by atoms with Gasteiger partial charge in [0.25, 0.3) is 30.4 Å². The van der Waals surface area contributed by atoms with E-state index in [1.807, 2.05) is 24.3 Å². The molecule has 6 N–H and O–H groups in total. The van der Waals surface area contributed by atoms with Crippen molar-refractivity contribution in [2.24, 2.45) is 5.41 Å². The molecule has 0 saturated heterocycles. The average molecular weight is 831 g/mol. The van der Waals surface area contributed by atoms with Crippen molar-refractivity contribution in [3.63, 3.8) is 0 Å². The summed E-state index contributed by atoms with van der Waals surface area (Å²) >= 11 is 0. The lowest BCUT2D eigenvalue weighted by molar-refractivity contribution is 0.0848. The van der Waals surface area contributed by atoms with Gasteiger partial charge in [0, 0.05) is 11.3 Å². The van der Waals surface area contributed by atoms with Gasteiger partial charge in [-0.1, -0.05) is 27.7 Å². The number of benzene rings is 2. The molecular formula is C33H50O16S4. The average Bonchev–Trinajstić information content (AvgIpc) is 3.35. The van der Waals surface area contributed by atoms with Crippen molar-refractivity contribution in [3.05, 3.63) is 52.1 Å². The Morgan fingerprint density at radius 2 is 0.962 bits per heavy atom. The molecule has 0 radical (unpaired) electrons. The van der Waals surface area contributed by atoms with Crippen molar-refractivity contribution in [2.75, 3.05) is 49.4 Å². The zero-order chi connectivity index (χ0) is 39.7. The van der Waals surface area contributed by atoms with E-state index in [0.717, 1.165) is 22.3 Å². The second-order valence-electron chi connectivity index (χ2n) is 14.6. The minimum Gasteiger partial charge on any atom is -0.493 e. The first kappa shape index (κ1) is 43.5. The fourth-order valence-corrected chi connectivity index (χ4v) is 9.53. The Balaban J connectivity index is 1.68. The molecule has 0 fully saturated rings. The van der Waals surface area contributed by atoms with E-state index in [1.54, 1.807) is 0 Å². The molecule has 1 atom stereocenters. The lowest BCUT2D eigenvalue weighted by Crippen LogP contribution is -2.49. The minimum atomic E-state index is -4.24. The Morgan fingerprint density at radius 3 is 1.43 bits per heavy atom. The quantitative estimate of drug-likeness (QED) is 0.0777. The van der Waals surface area contributed by atoms with Crippen LogP contribution in [0.2, 0.25) is 0 Å². The van der Waals surface area contributed by atoms with E-state index in [2.05, 4.69) is 27.7 Å². The number of ether oxygens (including phenoxy) is 4. The van der Waals surface area contributed by atoms with Crippen LogP contribution >= 0.6 is 10.9 Å². The predicted molar refractivity (Wildman–Crippen MR) is 198 cm³/mol. The van der Waals surface area contributed by atoms with Crippen LogP contribution in [0.3, 0.4) is 0 Å². The van der Waals surface area contributed by atoms with E-state index in [9.17, 15) is 38.9 Å². The van der Waals surface area contributed by atoms with Gasteiger partial charge in [0.1, 0.15) is 5.75 Å². The van der Waals surface area contributed by atoms with Crippen molar-refractivity contribution in [1.82, 2.24) is 0 Å². The Morgan fingerprint density at radius 1 is 0.547 bits per heavy atom. The molecule has 2 aliphatic rings. The summed E-state index contributed by atoms with van der Waals surface area (Å²) in [6, 6.07) is 7.55. The summed E-state index contributed by atoms with van der Waals surface area (Å²) in [5, 5.41) is 0. The van der Waals surface area contributed by atoms with Crippen LogP contribution in [0.5, 0.6) is 17.2 Å². The minimum absolute atomic E-state index is 0.00207. The van der Waals surface area contributed by atoms with Gasteiger partial charge in [-0.15, -0.1) is 0 Å². The van der Waals surface area contributed by atoms with Gasteiger partial charge in [-0.2, -0.15) is 25.3 Å². The summed E-state index contributed by atoms with van der Waals surface area (Å²) < 4.78 is 147. The van der Waals surface area contributed by atoms with E-state index in [4.69, 9.17) is 32.6 Å². The second kappa shape index (κ2) is 16.1. The van der Waals surface area contributed by atoms with E-state index < -0.39 is 74.7 Å². The summed E-state index contributed by atoms with van der Waals surface area (Å²) in [7, 11) is -16.4. The van der Waals surface area contributed by atoms with E-state index in [-0.39, 0.29) is 58.0 Å². The molecule has 1 spiro atoms. The largest absolute Gasteiger partial charge is 0.493 e. The molecule has 0 bridgehead atoms. The molecule has 0 amide bonds. The normalized spacial score (nSPS) is 19.6. The molecule has 302 valence electrons. The third-order valence-electron chi connectivity index (χ3n) is 10.4. The molecular weight excluding hydrogens is 781 g/mol. The molecule has 2 aromatic rings. The van der Waals surface area contributed by atoms with Crippen LogP contribution in [0.4, 0.5) is 0 Å². The molecule has 2 aliphatic carbocycles. The Labute approximate surface area is 313 Å². The summed E-state index contributed by atoms with van der Waals surface area (Å²) in [6.07, 6.45) is 1.34. The lowest BCUT2D eigenvalue weighted by atomic mass is 9.54. The maximum atomic E-state index is 11.3. The Bertz CT molecular complexity index is 1970. The van der Waals surface area contributed by atoms with Gasteiger partial charge in [0.15, 0.2) is 11.5 Å². The smallest absolute Gasteiger partial charge is 0.267 e. The maximum absolute atomic E-state index is 11.3. The van der Waals surface area contributed by atoms with Crippen LogP contribution in [0, 0.1) is 5.41 Å². The fourth-order valence-electron chi connectivity index (χ4n) is 7.73. The monoisotopic (exact) mass is 830 g/mol. The molecule has 0 heterocycles. The highest BCUT2D eigenvalue weighted by molar-refractivity contribution is 8.19. The van der Waals surface area contributed by atoms with Gasteiger partial charge in [0.05, 0.1) is 61.2 Å². The van der Waals surface area contributed by atoms with Gasteiger partial charge in [-0.3, -0.25) is 13.7 Å². The lowest BCUT2D eigenvalue weighted by Gasteiger charge is -2.49. The molecule has 0 aliphatic heterocycles. The molecule has 16 nitrogen and oxygen atoms in total. The van der Waals surface area contributed by atoms with E-state index in [0.29, 0.717) is 35.7 Å². The first-order valence-electron chi connectivity index (χ1n) is 16.9. The topological polar surface area (TPSA) is 261 Å². The zero-order valence-corrected chi connectivity index (χ0v) is 33.4. The van der Waals surface area contributed by atoms with Crippen LogP contribution in [-0.2, 0) is 65.4 Å². The Hall–Kier alpha value is -2.24. The fraction of sp³-hybridized carbons (Fsp3) is 0.636. The highest BCUT2D eigenvalue weighted by Gasteiger charge is 2.63. The first-order valence-corrected chi connectivity index (χ1v) is 23.4. The van der Waals surface area contributed by atoms with Crippen molar-refractivity contribution < 1.29 is 71.5 Å². The van der Waals surface area contributed by atoms with Gasteiger partial charge in [-0.25, -0.2) is 0 Å². The summed E-state index contributed by atoms with van der Waals surface area (Å²) in [4.78, 5) is 0. The molecule has 2 aromatic carbocycles.